The molecular formula is C19H24N4OS. The molecule has 0 aliphatic rings. The molecule has 0 saturated carbocycles. The Kier molecular flexibility index (Phi) is 4.99. The zero-order chi connectivity index (χ0) is 18.1. The van der Waals surface area contributed by atoms with Crippen molar-refractivity contribution >= 4 is 34.2 Å². The van der Waals surface area contributed by atoms with E-state index in [-0.39, 0.29) is 5.91 Å². The van der Waals surface area contributed by atoms with Crippen LogP contribution in [0.3, 0.4) is 0 Å². The number of amides is 1. The van der Waals surface area contributed by atoms with Crippen molar-refractivity contribution in [2.45, 2.75) is 39.8 Å². The van der Waals surface area contributed by atoms with E-state index in [4.69, 9.17) is 0 Å². The SMILES string of the molecule is CCN(CC)C(=O)CSc1nnc2c(C)cc3ccc(C)c(C)c3n12. The number of nitrogens with zero attached hydrogens (tertiary/aromatic N) is 4. The lowest BCUT2D eigenvalue weighted by molar-refractivity contribution is -0.127. The molecule has 2 heterocycles. The standard InChI is InChI=1S/C19H24N4OS/c1-6-22(7-2)16(24)11-25-19-21-20-18-13(4)10-15-9-8-12(3)14(5)17(15)23(18)19/h8-10H,6-7,11H2,1-5H3. The topological polar surface area (TPSA) is 50.5 Å². The van der Waals surface area contributed by atoms with Gasteiger partial charge in [-0.1, -0.05) is 23.9 Å². The Hall–Kier alpha value is -2.08. The molecule has 6 heteroatoms. The first-order valence-corrected chi connectivity index (χ1v) is 9.61. The van der Waals surface area contributed by atoms with Gasteiger partial charge in [0.25, 0.3) is 0 Å². The van der Waals surface area contributed by atoms with Gasteiger partial charge in [0.2, 0.25) is 5.91 Å². The average Bonchev–Trinajstić information content (AvgIpc) is 3.02. The summed E-state index contributed by atoms with van der Waals surface area (Å²) >= 11 is 1.46. The van der Waals surface area contributed by atoms with Gasteiger partial charge in [-0.3, -0.25) is 9.20 Å². The third-order valence-corrected chi connectivity index (χ3v) is 5.67. The van der Waals surface area contributed by atoms with Gasteiger partial charge in [0.05, 0.1) is 11.3 Å². The van der Waals surface area contributed by atoms with Crippen LogP contribution in [0, 0.1) is 20.8 Å². The van der Waals surface area contributed by atoms with E-state index in [9.17, 15) is 4.79 Å². The molecule has 0 saturated heterocycles. The second-order valence-electron chi connectivity index (χ2n) is 6.27. The minimum absolute atomic E-state index is 0.136. The van der Waals surface area contributed by atoms with E-state index in [2.05, 4.69) is 46.6 Å². The molecule has 0 aliphatic carbocycles. The Bertz CT molecular complexity index is 944. The maximum atomic E-state index is 12.3. The van der Waals surface area contributed by atoms with Gasteiger partial charge in [0.1, 0.15) is 0 Å². The van der Waals surface area contributed by atoms with Crippen LogP contribution in [0.4, 0.5) is 0 Å². The Morgan fingerprint density at radius 3 is 2.52 bits per heavy atom. The highest BCUT2D eigenvalue weighted by Crippen LogP contribution is 2.29. The van der Waals surface area contributed by atoms with E-state index in [0.717, 1.165) is 35.0 Å². The highest BCUT2D eigenvalue weighted by molar-refractivity contribution is 7.99. The molecular weight excluding hydrogens is 332 g/mol. The third kappa shape index (κ3) is 3.11. The summed E-state index contributed by atoms with van der Waals surface area (Å²) in [7, 11) is 0. The zero-order valence-corrected chi connectivity index (χ0v) is 16.3. The maximum Gasteiger partial charge on any atom is 0.233 e. The minimum atomic E-state index is 0.136. The Labute approximate surface area is 152 Å². The zero-order valence-electron chi connectivity index (χ0n) is 15.5. The van der Waals surface area contributed by atoms with Crippen molar-refractivity contribution in [3.05, 3.63) is 34.9 Å². The molecule has 0 N–H and O–H groups in total. The minimum Gasteiger partial charge on any atom is -0.343 e. The smallest absolute Gasteiger partial charge is 0.233 e. The summed E-state index contributed by atoms with van der Waals surface area (Å²) in [6, 6.07) is 6.44. The largest absolute Gasteiger partial charge is 0.343 e. The van der Waals surface area contributed by atoms with Gasteiger partial charge in [0, 0.05) is 13.1 Å². The first kappa shape index (κ1) is 17.7. The van der Waals surface area contributed by atoms with Gasteiger partial charge in [-0.25, -0.2) is 0 Å². The Morgan fingerprint density at radius 1 is 1.12 bits per heavy atom. The number of rotatable bonds is 5. The van der Waals surface area contributed by atoms with Gasteiger partial charge < -0.3 is 4.90 Å². The van der Waals surface area contributed by atoms with Crippen molar-refractivity contribution in [1.29, 1.82) is 0 Å². The van der Waals surface area contributed by atoms with E-state index in [1.807, 2.05) is 25.7 Å². The summed E-state index contributed by atoms with van der Waals surface area (Å²) in [4.78, 5) is 14.2. The van der Waals surface area contributed by atoms with Crippen molar-refractivity contribution in [3.63, 3.8) is 0 Å². The number of hydrogen-bond donors (Lipinski definition) is 0. The molecule has 25 heavy (non-hydrogen) atoms. The van der Waals surface area contributed by atoms with Crippen LogP contribution in [0.2, 0.25) is 0 Å². The molecule has 2 aromatic heterocycles. The summed E-state index contributed by atoms with van der Waals surface area (Å²) in [5.74, 6) is 0.514. The number of benzene rings is 1. The molecule has 1 aromatic carbocycles. The number of carbonyl (C=O) groups is 1. The molecule has 0 atom stereocenters. The van der Waals surface area contributed by atoms with Crippen LogP contribution >= 0.6 is 11.8 Å². The number of thioether (sulfide) groups is 1. The lowest BCUT2D eigenvalue weighted by atomic mass is 10.0. The van der Waals surface area contributed by atoms with Gasteiger partial charge in [-0.15, -0.1) is 10.2 Å². The quantitative estimate of drug-likeness (QED) is 0.653. The third-order valence-electron chi connectivity index (χ3n) is 4.76. The summed E-state index contributed by atoms with van der Waals surface area (Å²) in [5.41, 5.74) is 5.54. The van der Waals surface area contributed by atoms with Gasteiger partial charge in [0.15, 0.2) is 10.8 Å². The fourth-order valence-electron chi connectivity index (χ4n) is 3.15. The van der Waals surface area contributed by atoms with Gasteiger partial charge in [-0.05, 0) is 62.8 Å². The lowest BCUT2D eigenvalue weighted by Gasteiger charge is -2.18. The van der Waals surface area contributed by atoms with Crippen LogP contribution in [0.5, 0.6) is 0 Å². The monoisotopic (exact) mass is 356 g/mol. The summed E-state index contributed by atoms with van der Waals surface area (Å²) < 4.78 is 2.10. The summed E-state index contributed by atoms with van der Waals surface area (Å²) in [5, 5.41) is 10.7. The van der Waals surface area contributed by atoms with Crippen LogP contribution in [0.15, 0.2) is 23.4 Å². The molecule has 0 fully saturated rings. The number of carbonyl (C=O) groups excluding carboxylic acids is 1. The second-order valence-corrected chi connectivity index (χ2v) is 7.21. The molecule has 0 bridgehead atoms. The van der Waals surface area contributed by atoms with E-state index < -0.39 is 0 Å². The molecule has 3 aromatic rings. The number of hydrogen-bond acceptors (Lipinski definition) is 4. The number of fused-ring (bicyclic) bond motifs is 3. The predicted molar refractivity (Wildman–Crippen MR) is 103 cm³/mol. The van der Waals surface area contributed by atoms with Crippen molar-refractivity contribution in [3.8, 4) is 0 Å². The van der Waals surface area contributed by atoms with Crippen molar-refractivity contribution < 1.29 is 4.79 Å². The molecule has 0 spiro atoms. The lowest BCUT2D eigenvalue weighted by Crippen LogP contribution is -2.31. The highest BCUT2D eigenvalue weighted by atomic mass is 32.2. The van der Waals surface area contributed by atoms with Crippen LogP contribution in [0.1, 0.15) is 30.5 Å². The molecule has 1 amide bonds. The normalized spacial score (nSPS) is 11.4. The van der Waals surface area contributed by atoms with Crippen LogP contribution < -0.4 is 0 Å². The Balaban J connectivity index is 2.08. The number of pyridine rings is 1. The molecule has 0 aliphatic heterocycles. The first-order valence-electron chi connectivity index (χ1n) is 8.63. The Morgan fingerprint density at radius 2 is 1.84 bits per heavy atom. The van der Waals surface area contributed by atoms with Crippen molar-refractivity contribution in [2.75, 3.05) is 18.8 Å². The van der Waals surface area contributed by atoms with E-state index >= 15 is 0 Å². The predicted octanol–water partition coefficient (Wildman–Crippen LogP) is 3.77. The van der Waals surface area contributed by atoms with E-state index in [0.29, 0.717) is 5.75 Å². The fourth-order valence-corrected chi connectivity index (χ4v) is 3.99. The molecule has 5 nitrogen and oxygen atoms in total. The maximum absolute atomic E-state index is 12.3. The van der Waals surface area contributed by atoms with E-state index in [1.54, 1.807) is 0 Å². The molecule has 3 rings (SSSR count). The van der Waals surface area contributed by atoms with Crippen LogP contribution in [0.25, 0.3) is 16.6 Å². The van der Waals surface area contributed by atoms with Crippen LogP contribution in [-0.4, -0.2) is 44.2 Å². The molecule has 0 radical (unpaired) electrons. The fraction of sp³-hybridized carbons (Fsp3) is 0.421. The highest BCUT2D eigenvalue weighted by Gasteiger charge is 2.17. The van der Waals surface area contributed by atoms with Gasteiger partial charge >= 0.3 is 0 Å². The second kappa shape index (κ2) is 7.04. The van der Waals surface area contributed by atoms with Crippen LogP contribution in [-0.2, 0) is 4.79 Å². The van der Waals surface area contributed by atoms with Crippen molar-refractivity contribution in [1.82, 2.24) is 19.5 Å². The summed E-state index contributed by atoms with van der Waals surface area (Å²) in [6.07, 6.45) is 0. The molecule has 132 valence electrons. The average molecular weight is 356 g/mol. The van der Waals surface area contributed by atoms with E-state index in [1.165, 1.54) is 28.3 Å². The summed E-state index contributed by atoms with van der Waals surface area (Å²) in [6.45, 7) is 11.8. The first-order chi connectivity index (χ1) is 12.0. The molecule has 0 unspecified atom stereocenters. The van der Waals surface area contributed by atoms with Crippen molar-refractivity contribution in [2.24, 2.45) is 0 Å². The number of aromatic nitrogens is 3. The number of aryl methyl sites for hydroxylation is 3. The van der Waals surface area contributed by atoms with Gasteiger partial charge in [-0.2, -0.15) is 0 Å².